The number of aromatic nitrogens is 2. The first-order chi connectivity index (χ1) is 9.63. The van der Waals surface area contributed by atoms with Crippen molar-refractivity contribution in [2.45, 2.75) is 24.9 Å². The minimum Gasteiger partial charge on any atom is -0.609 e. The highest BCUT2D eigenvalue weighted by Gasteiger charge is 2.23. The number of hydrogen-bond acceptors (Lipinski definition) is 4. The number of hydrogen-bond donors (Lipinski definition) is 0. The van der Waals surface area contributed by atoms with E-state index in [4.69, 9.17) is 4.74 Å². The fraction of sp³-hybridized carbons (Fsp3) is 0.429. The number of para-hydroxylation sites is 2. The van der Waals surface area contributed by atoms with Gasteiger partial charge >= 0.3 is 11.1 Å². The molecule has 0 saturated heterocycles. The molecule has 0 aliphatic rings. The lowest BCUT2D eigenvalue weighted by Crippen LogP contribution is -2.21. The molecule has 0 radical (unpaired) electrons. The normalized spacial score (nSPS) is 12.6. The topological polar surface area (TPSA) is 67.2 Å². The Morgan fingerprint density at radius 2 is 2.20 bits per heavy atom. The van der Waals surface area contributed by atoms with Crippen molar-refractivity contribution in [3.63, 3.8) is 0 Å². The summed E-state index contributed by atoms with van der Waals surface area (Å²) in [6, 6.07) is 7.54. The van der Waals surface area contributed by atoms with Crippen LogP contribution < -0.4 is 0 Å². The van der Waals surface area contributed by atoms with Crippen LogP contribution in [-0.4, -0.2) is 32.4 Å². The van der Waals surface area contributed by atoms with E-state index in [9.17, 15) is 9.35 Å². The Kier molecular flexibility index (Phi) is 5.03. The summed E-state index contributed by atoms with van der Waals surface area (Å²) in [7, 11) is 1.80. The van der Waals surface area contributed by atoms with Crippen molar-refractivity contribution < 1.29 is 14.1 Å². The Labute approximate surface area is 121 Å². The van der Waals surface area contributed by atoms with Crippen LogP contribution in [0.3, 0.4) is 0 Å². The summed E-state index contributed by atoms with van der Waals surface area (Å²) in [6.07, 6.45) is 1.78. The Hall–Kier alpha value is -1.53. The number of carbonyl (C=O) groups excluding carboxylic acids is 1. The van der Waals surface area contributed by atoms with Crippen LogP contribution in [0.4, 0.5) is 0 Å². The predicted octanol–water partition coefficient (Wildman–Crippen LogP) is 2.02. The molecule has 0 N–H and O–H groups in total. The van der Waals surface area contributed by atoms with Gasteiger partial charge in [-0.25, -0.2) is 4.79 Å². The lowest BCUT2D eigenvalue weighted by Gasteiger charge is -2.09. The van der Waals surface area contributed by atoms with Crippen molar-refractivity contribution in [1.82, 2.24) is 9.55 Å². The van der Waals surface area contributed by atoms with Crippen LogP contribution in [0.2, 0.25) is 0 Å². The molecule has 108 valence electrons. The van der Waals surface area contributed by atoms with Gasteiger partial charge in [0, 0.05) is 18.2 Å². The number of carbonyl (C=O) groups is 1. The van der Waals surface area contributed by atoms with Crippen LogP contribution in [0.15, 0.2) is 29.4 Å². The molecule has 20 heavy (non-hydrogen) atoms. The third-order valence-electron chi connectivity index (χ3n) is 2.96. The van der Waals surface area contributed by atoms with Crippen LogP contribution in [-0.2, 0) is 27.8 Å². The van der Waals surface area contributed by atoms with Gasteiger partial charge in [0.25, 0.3) is 0 Å². The zero-order valence-electron chi connectivity index (χ0n) is 11.7. The molecule has 5 nitrogen and oxygen atoms in total. The van der Waals surface area contributed by atoms with Crippen molar-refractivity contribution in [2.75, 3.05) is 12.4 Å². The maximum absolute atomic E-state index is 12.2. The van der Waals surface area contributed by atoms with Crippen molar-refractivity contribution in [2.24, 2.45) is 7.05 Å². The second-order valence-electron chi connectivity index (χ2n) is 4.51. The number of ether oxygens (including phenoxy) is 1. The monoisotopic (exact) mass is 294 g/mol. The maximum atomic E-state index is 12.2. The number of esters is 1. The van der Waals surface area contributed by atoms with E-state index in [0.29, 0.717) is 11.8 Å². The Morgan fingerprint density at radius 1 is 1.45 bits per heavy atom. The summed E-state index contributed by atoms with van der Waals surface area (Å²) in [4.78, 5) is 15.9. The molecule has 2 rings (SSSR count). The van der Waals surface area contributed by atoms with Gasteiger partial charge in [-0.05, 0) is 18.6 Å². The van der Waals surface area contributed by atoms with Crippen LogP contribution in [0, 0.1) is 0 Å². The smallest absolute Gasteiger partial charge is 0.356 e. The lowest BCUT2D eigenvalue weighted by atomic mass is 10.3. The molecule has 6 heteroatoms. The summed E-state index contributed by atoms with van der Waals surface area (Å²) in [5.74, 6) is -0.593. The molecule has 1 aromatic carbocycles. The van der Waals surface area contributed by atoms with Gasteiger partial charge in [0.1, 0.15) is 0 Å². The fourth-order valence-electron chi connectivity index (χ4n) is 1.87. The summed E-state index contributed by atoms with van der Waals surface area (Å²) in [5, 5.41) is 0.402. The minimum absolute atomic E-state index is 0.152. The molecule has 0 aliphatic heterocycles. The number of unbranched alkanes of at least 4 members (excludes halogenated alkanes) is 1. The van der Waals surface area contributed by atoms with Crippen molar-refractivity contribution in [3.8, 4) is 0 Å². The number of aryl methyl sites for hydroxylation is 1. The molecule has 0 bridgehead atoms. The predicted molar refractivity (Wildman–Crippen MR) is 77.9 cm³/mol. The van der Waals surface area contributed by atoms with E-state index >= 15 is 0 Å². The molecular formula is C14H18N2O3S. The first kappa shape index (κ1) is 14.9. The van der Waals surface area contributed by atoms with E-state index in [0.717, 1.165) is 23.9 Å². The van der Waals surface area contributed by atoms with Crippen LogP contribution in [0.5, 0.6) is 0 Å². The number of rotatable bonds is 6. The largest absolute Gasteiger partial charge is 0.609 e. The van der Waals surface area contributed by atoms with E-state index in [1.165, 1.54) is 0 Å². The second-order valence-corrected chi connectivity index (χ2v) is 5.85. The molecule has 0 unspecified atom stereocenters. The zero-order chi connectivity index (χ0) is 14.5. The molecule has 1 atom stereocenters. The second kappa shape index (κ2) is 6.76. The van der Waals surface area contributed by atoms with Crippen LogP contribution >= 0.6 is 0 Å². The van der Waals surface area contributed by atoms with E-state index in [-0.39, 0.29) is 5.75 Å². The van der Waals surface area contributed by atoms with Gasteiger partial charge in [0.05, 0.1) is 17.6 Å². The molecule has 2 aromatic rings. The zero-order valence-corrected chi connectivity index (χ0v) is 12.5. The van der Waals surface area contributed by atoms with Gasteiger partial charge in [0.15, 0.2) is 0 Å². The highest BCUT2D eigenvalue weighted by Crippen LogP contribution is 2.18. The first-order valence-electron chi connectivity index (χ1n) is 6.59. The Bertz CT molecular complexity index is 597. The molecule has 1 heterocycles. The van der Waals surface area contributed by atoms with Crippen molar-refractivity contribution in [1.29, 1.82) is 0 Å². The number of fused-ring (bicyclic) bond motifs is 1. The summed E-state index contributed by atoms with van der Waals surface area (Å²) in [6.45, 7) is 2.40. The SMILES string of the molecule is CCCCOC(=O)C[S@+]([O-])c1nc2ccccc2n1C. The highest BCUT2D eigenvalue weighted by atomic mass is 32.2. The quantitative estimate of drug-likeness (QED) is 0.464. The van der Waals surface area contributed by atoms with E-state index < -0.39 is 17.1 Å². The molecule has 0 amide bonds. The number of benzene rings is 1. The molecule has 0 saturated carbocycles. The molecule has 0 aliphatic carbocycles. The molecule has 0 fully saturated rings. The Balaban J connectivity index is 2.05. The molecule has 0 spiro atoms. The number of imidazole rings is 1. The average Bonchev–Trinajstić information content (AvgIpc) is 2.77. The summed E-state index contributed by atoms with van der Waals surface area (Å²) >= 11 is -1.49. The lowest BCUT2D eigenvalue weighted by molar-refractivity contribution is -0.140. The van der Waals surface area contributed by atoms with Gasteiger partial charge in [-0.3, -0.25) is 4.57 Å². The van der Waals surface area contributed by atoms with Gasteiger partial charge < -0.3 is 9.29 Å². The third-order valence-corrected chi connectivity index (χ3v) is 4.23. The van der Waals surface area contributed by atoms with Crippen LogP contribution in [0.1, 0.15) is 19.8 Å². The fourth-order valence-corrected chi connectivity index (χ4v) is 2.90. The summed E-state index contributed by atoms with van der Waals surface area (Å²) in [5.41, 5.74) is 1.67. The minimum atomic E-state index is -1.49. The standard InChI is InChI=1S/C14H18N2O3S/c1-3-4-9-19-13(17)10-20(18)14-15-11-7-5-6-8-12(11)16(14)2/h5-8H,3-4,9-10H2,1-2H3/t20-/m0/s1. The molecule has 1 aromatic heterocycles. The maximum Gasteiger partial charge on any atom is 0.356 e. The van der Waals surface area contributed by atoms with Crippen LogP contribution in [0.25, 0.3) is 11.0 Å². The average molecular weight is 294 g/mol. The third kappa shape index (κ3) is 3.32. The van der Waals surface area contributed by atoms with E-state index in [2.05, 4.69) is 4.98 Å². The first-order valence-corrected chi connectivity index (χ1v) is 7.90. The van der Waals surface area contributed by atoms with Gasteiger partial charge in [-0.1, -0.05) is 25.5 Å². The van der Waals surface area contributed by atoms with Gasteiger partial charge in [-0.2, -0.15) is 4.98 Å². The summed E-state index contributed by atoms with van der Waals surface area (Å²) < 4.78 is 19.0. The van der Waals surface area contributed by atoms with Crippen molar-refractivity contribution in [3.05, 3.63) is 24.3 Å². The van der Waals surface area contributed by atoms with E-state index in [1.54, 1.807) is 11.6 Å². The van der Waals surface area contributed by atoms with Crippen molar-refractivity contribution >= 4 is 28.2 Å². The Morgan fingerprint density at radius 3 is 2.90 bits per heavy atom. The molecular weight excluding hydrogens is 276 g/mol. The van der Waals surface area contributed by atoms with E-state index in [1.807, 2.05) is 31.2 Å². The number of nitrogens with zero attached hydrogens (tertiary/aromatic N) is 2. The van der Waals surface area contributed by atoms with Gasteiger partial charge in [0.2, 0.25) is 5.75 Å². The van der Waals surface area contributed by atoms with Gasteiger partial charge in [-0.15, -0.1) is 0 Å². The highest BCUT2D eigenvalue weighted by molar-refractivity contribution is 7.91.